The Morgan fingerprint density at radius 3 is 0.753 bits per heavy atom. The van der Waals surface area contributed by atoms with Crippen LogP contribution in [0.4, 0.5) is 0 Å². The van der Waals surface area contributed by atoms with Crippen LogP contribution in [0.5, 0.6) is 0 Å². The zero-order valence-corrected chi connectivity index (χ0v) is 53.5. The molecule has 0 aromatic heterocycles. The number of rotatable bonds is 63. The molecule has 466 valence electrons. The second-order valence-corrected chi connectivity index (χ2v) is 23.1. The number of unbranched alkanes of at least 4 members (excludes halogenated alkanes) is 36. The molecule has 0 aliphatic rings. The highest BCUT2D eigenvalue weighted by Gasteiger charge is 2.19. The Hall–Kier alpha value is -3.67. The van der Waals surface area contributed by atoms with E-state index in [1.807, 2.05) is 0 Å². The van der Waals surface area contributed by atoms with Crippen molar-refractivity contribution in [1.29, 1.82) is 0 Å². The summed E-state index contributed by atoms with van der Waals surface area (Å²) in [5.41, 5.74) is 0. The molecule has 0 aliphatic heterocycles. The molecule has 0 fully saturated rings. The van der Waals surface area contributed by atoms with Gasteiger partial charge in [0.1, 0.15) is 13.2 Å². The minimum atomic E-state index is -0.778. The van der Waals surface area contributed by atoms with E-state index in [1.54, 1.807) is 0 Å². The molecule has 0 rings (SSSR count). The summed E-state index contributed by atoms with van der Waals surface area (Å²) in [4.78, 5) is 38.4. The van der Waals surface area contributed by atoms with Gasteiger partial charge in [-0.1, -0.05) is 336 Å². The largest absolute Gasteiger partial charge is 0.462 e. The van der Waals surface area contributed by atoms with Gasteiger partial charge in [-0.15, -0.1) is 0 Å². The molecule has 81 heavy (non-hydrogen) atoms. The van der Waals surface area contributed by atoms with Gasteiger partial charge in [-0.2, -0.15) is 0 Å². The van der Waals surface area contributed by atoms with E-state index in [-0.39, 0.29) is 31.1 Å². The number of esters is 3. The van der Waals surface area contributed by atoms with Gasteiger partial charge in [0.15, 0.2) is 6.10 Å². The average molecular weight is 1130 g/mol. The number of carbonyl (C=O) groups excluding carboxylic acids is 3. The Bertz CT molecular complexity index is 1580. The minimum absolute atomic E-state index is 0.0740. The van der Waals surface area contributed by atoms with Crippen molar-refractivity contribution in [1.82, 2.24) is 0 Å². The third kappa shape index (κ3) is 67.0. The van der Waals surface area contributed by atoms with Crippen LogP contribution >= 0.6 is 0 Å². The molecule has 0 saturated heterocycles. The smallest absolute Gasteiger partial charge is 0.306 e. The third-order valence-corrected chi connectivity index (χ3v) is 15.1. The maximum Gasteiger partial charge on any atom is 0.306 e. The van der Waals surface area contributed by atoms with E-state index in [4.69, 9.17) is 14.2 Å². The van der Waals surface area contributed by atoms with Crippen molar-refractivity contribution in [3.8, 4) is 0 Å². The fourth-order valence-electron chi connectivity index (χ4n) is 9.93. The molecule has 0 spiro atoms. The summed E-state index contributed by atoms with van der Waals surface area (Å²) in [5, 5.41) is 0. The SMILES string of the molecule is CC/C=C\C/C=C\C/C=C\C/C=C\C/C=C\C/C=C\C/C=C\C/C=C\CCCCCCCCCCC(=O)OCC(COC(=O)CCCCCCCCCCCCCCCCC)OC(=O)CCCCCCCCCCCCCCCCC. The Morgan fingerprint density at radius 1 is 0.259 bits per heavy atom. The van der Waals surface area contributed by atoms with Crippen LogP contribution in [-0.4, -0.2) is 37.2 Å². The summed E-state index contributed by atoms with van der Waals surface area (Å²) in [6, 6.07) is 0. The van der Waals surface area contributed by atoms with E-state index in [2.05, 4.69) is 118 Å². The van der Waals surface area contributed by atoms with Crippen molar-refractivity contribution in [3.63, 3.8) is 0 Å². The van der Waals surface area contributed by atoms with Gasteiger partial charge in [-0.25, -0.2) is 0 Å². The van der Waals surface area contributed by atoms with Gasteiger partial charge in [-0.3, -0.25) is 14.4 Å². The predicted molar refractivity (Wildman–Crippen MR) is 353 cm³/mol. The van der Waals surface area contributed by atoms with Crippen LogP contribution < -0.4 is 0 Å². The van der Waals surface area contributed by atoms with E-state index >= 15 is 0 Å². The van der Waals surface area contributed by atoms with Crippen molar-refractivity contribution < 1.29 is 28.6 Å². The summed E-state index contributed by atoms with van der Waals surface area (Å²) < 4.78 is 17.0. The topological polar surface area (TPSA) is 78.9 Å². The number of allylic oxidation sites excluding steroid dienone is 16. The first-order chi connectivity index (χ1) is 40.0. The lowest BCUT2D eigenvalue weighted by atomic mass is 10.0. The van der Waals surface area contributed by atoms with Crippen molar-refractivity contribution in [2.24, 2.45) is 0 Å². The Labute approximate surface area is 502 Å². The van der Waals surface area contributed by atoms with Crippen LogP contribution in [0.3, 0.4) is 0 Å². The predicted octanol–water partition coefficient (Wildman–Crippen LogP) is 24.0. The minimum Gasteiger partial charge on any atom is -0.462 e. The van der Waals surface area contributed by atoms with Gasteiger partial charge in [0.2, 0.25) is 0 Å². The van der Waals surface area contributed by atoms with Crippen molar-refractivity contribution >= 4 is 17.9 Å². The van der Waals surface area contributed by atoms with Crippen LogP contribution in [0.2, 0.25) is 0 Å². The highest BCUT2D eigenvalue weighted by atomic mass is 16.6. The number of hydrogen-bond donors (Lipinski definition) is 0. The Kier molecular flexibility index (Phi) is 65.7. The molecule has 0 radical (unpaired) electrons. The lowest BCUT2D eigenvalue weighted by Gasteiger charge is -2.18. The molecule has 6 nitrogen and oxygen atoms in total. The van der Waals surface area contributed by atoms with Crippen molar-refractivity contribution in [2.45, 2.75) is 348 Å². The lowest BCUT2D eigenvalue weighted by molar-refractivity contribution is -0.167. The van der Waals surface area contributed by atoms with Gasteiger partial charge in [0.25, 0.3) is 0 Å². The van der Waals surface area contributed by atoms with Crippen molar-refractivity contribution in [2.75, 3.05) is 13.2 Å². The summed E-state index contributed by atoms with van der Waals surface area (Å²) in [6.45, 7) is 6.57. The lowest BCUT2D eigenvalue weighted by Crippen LogP contribution is -2.30. The highest BCUT2D eigenvalue weighted by Crippen LogP contribution is 2.17. The zero-order chi connectivity index (χ0) is 58.5. The van der Waals surface area contributed by atoms with Gasteiger partial charge in [-0.05, 0) is 83.5 Å². The van der Waals surface area contributed by atoms with Crippen LogP contribution in [0, 0.1) is 0 Å². The molecular formula is C75H130O6. The fourth-order valence-corrected chi connectivity index (χ4v) is 9.93. The maximum absolute atomic E-state index is 12.9. The van der Waals surface area contributed by atoms with Crippen LogP contribution in [0.25, 0.3) is 0 Å². The molecule has 0 heterocycles. The second-order valence-electron chi connectivity index (χ2n) is 23.1. The normalized spacial score (nSPS) is 12.7. The standard InChI is InChI=1S/C75H130O6/c1-4-7-10-13-16-19-22-25-28-29-30-31-32-33-34-35-36-37-38-39-40-41-42-43-44-45-48-50-53-56-59-62-65-68-74(77)80-71-72(81-75(78)69-66-63-60-57-54-51-47-27-24-21-18-15-12-9-6-3)70-79-73(76)67-64-61-58-55-52-49-46-26-23-20-17-14-11-8-5-2/h7,10,16,19,25,28,30-31,33-34,36-37,39-40,42-43,72H,4-6,8-9,11-15,17-18,20-24,26-27,29,32,35,38,41,44-71H2,1-3H3/b10-7-,19-16-,28-25-,31-30-,34-33-,37-36-,40-39-,43-42-. The second kappa shape index (κ2) is 68.8. The Balaban J connectivity index is 4.26. The van der Waals surface area contributed by atoms with E-state index in [9.17, 15) is 14.4 Å². The number of ether oxygens (including phenoxy) is 3. The van der Waals surface area contributed by atoms with E-state index < -0.39 is 6.10 Å². The summed E-state index contributed by atoms with van der Waals surface area (Å²) in [6.07, 6.45) is 92.8. The molecule has 0 aromatic carbocycles. The van der Waals surface area contributed by atoms with E-state index in [1.165, 1.54) is 186 Å². The Morgan fingerprint density at radius 2 is 0.481 bits per heavy atom. The first kappa shape index (κ1) is 77.3. The quantitative estimate of drug-likeness (QED) is 0.0261. The molecule has 1 unspecified atom stereocenters. The number of hydrogen-bond acceptors (Lipinski definition) is 6. The molecule has 6 heteroatoms. The average Bonchev–Trinajstić information content (AvgIpc) is 3.47. The van der Waals surface area contributed by atoms with Crippen LogP contribution in [0.1, 0.15) is 342 Å². The van der Waals surface area contributed by atoms with Crippen LogP contribution in [-0.2, 0) is 28.6 Å². The molecule has 0 bridgehead atoms. The molecule has 0 saturated carbocycles. The maximum atomic E-state index is 12.9. The first-order valence-corrected chi connectivity index (χ1v) is 34.7. The van der Waals surface area contributed by atoms with Gasteiger partial charge >= 0.3 is 17.9 Å². The summed E-state index contributed by atoms with van der Waals surface area (Å²) in [5.74, 6) is -0.864. The summed E-state index contributed by atoms with van der Waals surface area (Å²) in [7, 11) is 0. The van der Waals surface area contributed by atoms with Gasteiger partial charge in [0.05, 0.1) is 0 Å². The molecule has 0 aromatic rings. The number of carbonyl (C=O) groups is 3. The van der Waals surface area contributed by atoms with Crippen LogP contribution in [0.15, 0.2) is 97.2 Å². The molecule has 0 N–H and O–H groups in total. The molecular weight excluding hydrogens is 997 g/mol. The van der Waals surface area contributed by atoms with Gasteiger partial charge in [0, 0.05) is 19.3 Å². The highest BCUT2D eigenvalue weighted by molar-refractivity contribution is 5.71. The molecule has 0 amide bonds. The van der Waals surface area contributed by atoms with E-state index in [0.29, 0.717) is 19.3 Å². The molecule has 1 atom stereocenters. The van der Waals surface area contributed by atoms with Gasteiger partial charge < -0.3 is 14.2 Å². The first-order valence-electron chi connectivity index (χ1n) is 34.7. The van der Waals surface area contributed by atoms with Crippen molar-refractivity contribution in [3.05, 3.63) is 97.2 Å². The molecule has 0 aliphatic carbocycles. The zero-order valence-electron chi connectivity index (χ0n) is 53.5. The monoisotopic (exact) mass is 1130 g/mol. The van der Waals surface area contributed by atoms with E-state index in [0.717, 1.165) is 116 Å². The third-order valence-electron chi connectivity index (χ3n) is 15.1. The fraction of sp³-hybridized carbons (Fsp3) is 0.747. The summed E-state index contributed by atoms with van der Waals surface area (Å²) >= 11 is 0.